The summed E-state index contributed by atoms with van der Waals surface area (Å²) in [6.45, 7) is 5.55. The highest BCUT2D eigenvalue weighted by molar-refractivity contribution is 7.89. The van der Waals surface area contributed by atoms with Gasteiger partial charge in [-0.05, 0) is 48.6 Å². The molecule has 1 saturated heterocycles. The maximum Gasteiger partial charge on any atom is 0.251 e. The number of hydrogen-bond acceptors (Lipinski definition) is 4. The molecule has 2 aromatic carbocycles. The zero-order valence-electron chi connectivity index (χ0n) is 17.1. The van der Waals surface area contributed by atoms with Crippen molar-refractivity contribution in [3.63, 3.8) is 0 Å². The number of methoxy groups -OCH3 is 1. The number of benzene rings is 2. The predicted octanol–water partition coefficient (Wildman–Crippen LogP) is 3.29. The van der Waals surface area contributed by atoms with E-state index in [4.69, 9.17) is 4.74 Å². The summed E-state index contributed by atoms with van der Waals surface area (Å²) in [5.74, 6) is 1.13. The Balaban J connectivity index is 1.68. The summed E-state index contributed by atoms with van der Waals surface area (Å²) in [6, 6.07) is 13.6. The molecule has 0 unspecified atom stereocenters. The van der Waals surface area contributed by atoms with Gasteiger partial charge in [0.1, 0.15) is 5.75 Å². The van der Waals surface area contributed by atoms with Crippen molar-refractivity contribution >= 4 is 15.9 Å². The van der Waals surface area contributed by atoms with Gasteiger partial charge in [0.05, 0.1) is 12.0 Å². The molecule has 1 heterocycles. The van der Waals surface area contributed by atoms with Gasteiger partial charge in [0.25, 0.3) is 5.91 Å². The minimum Gasteiger partial charge on any atom is -0.496 e. The number of carbonyl (C=O) groups excluding carboxylic acids is 1. The molecular formula is C22H28N2O4S. The van der Waals surface area contributed by atoms with Crippen LogP contribution < -0.4 is 10.1 Å². The summed E-state index contributed by atoms with van der Waals surface area (Å²) in [5, 5.41) is 2.84. The minimum atomic E-state index is -3.55. The molecule has 2 aromatic rings. The van der Waals surface area contributed by atoms with Gasteiger partial charge in [0.15, 0.2) is 0 Å². The lowest BCUT2D eigenvalue weighted by Crippen LogP contribution is -2.42. The fraction of sp³-hybridized carbons (Fsp3) is 0.409. The Kier molecular flexibility index (Phi) is 6.59. The van der Waals surface area contributed by atoms with Gasteiger partial charge in [-0.15, -0.1) is 0 Å². The molecule has 0 radical (unpaired) electrons. The van der Waals surface area contributed by atoms with Crippen LogP contribution in [-0.4, -0.2) is 38.8 Å². The molecule has 1 aliphatic heterocycles. The third-order valence-electron chi connectivity index (χ3n) is 5.22. The van der Waals surface area contributed by atoms with Crippen molar-refractivity contribution < 1.29 is 17.9 Å². The topological polar surface area (TPSA) is 75.7 Å². The summed E-state index contributed by atoms with van der Waals surface area (Å²) in [5.41, 5.74) is 1.29. The average Bonchev–Trinajstić information content (AvgIpc) is 2.71. The lowest BCUT2D eigenvalue weighted by molar-refractivity contribution is 0.0950. The van der Waals surface area contributed by atoms with Crippen LogP contribution in [0.5, 0.6) is 5.75 Å². The van der Waals surface area contributed by atoms with Crippen molar-refractivity contribution in [3.05, 3.63) is 59.7 Å². The molecule has 0 aromatic heterocycles. The number of rotatable bonds is 6. The highest BCUT2D eigenvalue weighted by atomic mass is 32.2. The molecule has 3 rings (SSSR count). The van der Waals surface area contributed by atoms with E-state index in [0.717, 1.165) is 12.0 Å². The van der Waals surface area contributed by atoms with Crippen LogP contribution in [0.15, 0.2) is 53.4 Å². The highest BCUT2D eigenvalue weighted by Crippen LogP contribution is 2.26. The van der Waals surface area contributed by atoms with E-state index in [9.17, 15) is 13.2 Å². The van der Waals surface area contributed by atoms with Gasteiger partial charge in [0.2, 0.25) is 10.0 Å². The number of nitrogens with one attached hydrogen (secondary N) is 1. The van der Waals surface area contributed by atoms with Crippen LogP contribution in [0.1, 0.15) is 36.2 Å². The predicted molar refractivity (Wildman–Crippen MR) is 112 cm³/mol. The third kappa shape index (κ3) is 4.97. The maximum absolute atomic E-state index is 13.0. The van der Waals surface area contributed by atoms with Crippen molar-refractivity contribution in [2.45, 2.75) is 31.7 Å². The van der Waals surface area contributed by atoms with E-state index < -0.39 is 10.0 Å². The Morgan fingerprint density at radius 3 is 2.31 bits per heavy atom. The molecule has 1 fully saturated rings. The van der Waals surface area contributed by atoms with Crippen molar-refractivity contribution in [2.24, 2.45) is 11.8 Å². The summed E-state index contributed by atoms with van der Waals surface area (Å²) in [6.07, 6.45) is 1.04. The van der Waals surface area contributed by atoms with E-state index in [1.165, 1.54) is 12.1 Å². The minimum absolute atomic E-state index is 0.222. The summed E-state index contributed by atoms with van der Waals surface area (Å²) in [7, 11) is -1.96. The lowest BCUT2D eigenvalue weighted by atomic mass is 9.94. The number of ether oxygens (including phenoxy) is 1. The van der Waals surface area contributed by atoms with E-state index in [2.05, 4.69) is 19.2 Å². The molecule has 156 valence electrons. The Bertz CT molecular complexity index is 947. The van der Waals surface area contributed by atoms with Gasteiger partial charge in [-0.2, -0.15) is 4.31 Å². The quantitative estimate of drug-likeness (QED) is 0.784. The van der Waals surface area contributed by atoms with Gasteiger partial charge in [-0.25, -0.2) is 8.42 Å². The molecule has 7 heteroatoms. The van der Waals surface area contributed by atoms with E-state index >= 15 is 0 Å². The average molecular weight is 417 g/mol. The van der Waals surface area contributed by atoms with Crippen LogP contribution in [0.2, 0.25) is 0 Å². The molecule has 6 nitrogen and oxygen atoms in total. The van der Waals surface area contributed by atoms with Crippen molar-refractivity contribution in [1.82, 2.24) is 9.62 Å². The number of piperidine rings is 1. The third-order valence-corrected chi connectivity index (χ3v) is 7.07. The second kappa shape index (κ2) is 8.97. The van der Waals surface area contributed by atoms with Crippen molar-refractivity contribution in [1.29, 1.82) is 0 Å². The number of para-hydroxylation sites is 1. The van der Waals surface area contributed by atoms with E-state index in [-0.39, 0.29) is 10.8 Å². The maximum atomic E-state index is 13.0. The van der Waals surface area contributed by atoms with Gasteiger partial charge in [0, 0.05) is 30.8 Å². The summed E-state index contributed by atoms with van der Waals surface area (Å²) >= 11 is 0. The first-order valence-electron chi connectivity index (χ1n) is 9.81. The number of carbonyl (C=O) groups is 1. The second-order valence-corrected chi connectivity index (χ2v) is 9.72. The van der Waals surface area contributed by atoms with E-state index in [0.29, 0.717) is 42.8 Å². The lowest BCUT2D eigenvalue weighted by Gasteiger charge is -2.34. The first-order chi connectivity index (χ1) is 13.8. The second-order valence-electron chi connectivity index (χ2n) is 7.79. The van der Waals surface area contributed by atoms with Crippen LogP contribution in [0.4, 0.5) is 0 Å². The Hall–Kier alpha value is -2.38. The standard InChI is InChI=1S/C22H28N2O4S/c1-16-12-17(2)15-24(14-16)29(26,27)20-10-8-18(9-11-20)22(25)23-13-19-6-4-5-7-21(19)28-3/h4-11,16-17H,12-15H2,1-3H3,(H,23,25)/t16-,17-/m0/s1. The van der Waals surface area contributed by atoms with Gasteiger partial charge >= 0.3 is 0 Å². The number of nitrogens with zero attached hydrogens (tertiary/aromatic N) is 1. The van der Waals surface area contributed by atoms with Gasteiger partial charge < -0.3 is 10.1 Å². The summed E-state index contributed by atoms with van der Waals surface area (Å²) < 4.78 is 32.7. The first-order valence-corrected chi connectivity index (χ1v) is 11.3. The highest BCUT2D eigenvalue weighted by Gasteiger charge is 2.31. The van der Waals surface area contributed by atoms with E-state index in [1.54, 1.807) is 23.5 Å². The fourth-order valence-electron chi connectivity index (χ4n) is 3.86. The normalized spacial score (nSPS) is 20.2. The Morgan fingerprint density at radius 1 is 1.07 bits per heavy atom. The largest absolute Gasteiger partial charge is 0.496 e. The first kappa shape index (κ1) is 21.3. The molecular weight excluding hydrogens is 388 g/mol. The van der Waals surface area contributed by atoms with E-state index in [1.807, 2.05) is 24.3 Å². The van der Waals surface area contributed by atoms with Crippen LogP contribution in [-0.2, 0) is 16.6 Å². The van der Waals surface area contributed by atoms with Gasteiger partial charge in [-0.1, -0.05) is 32.0 Å². The van der Waals surface area contributed by atoms with Crippen LogP contribution in [0.25, 0.3) is 0 Å². The zero-order chi connectivity index (χ0) is 21.0. The molecule has 1 aliphatic rings. The molecule has 29 heavy (non-hydrogen) atoms. The molecule has 0 saturated carbocycles. The van der Waals surface area contributed by atoms with Crippen molar-refractivity contribution in [3.8, 4) is 5.75 Å². The molecule has 2 atom stereocenters. The Labute approximate surface area is 172 Å². The summed E-state index contributed by atoms with van der Waals surface area (Å²) in [4.78, 5) is 12.7. The van der Waals surface area contributed by atoms with Gasteiger partial charge in [-0.3, -0.25) is 4.79 Å². The number of amides is 1. The van der Waals surface area contributed by atoms with Crippen LogP contribution in [0, 0.1) is 11.8 Å². The molecule has 0 spiro atoms. The Morgan fingerprint density at radius 2 is 1.69 bits per heavy atom. The SMILES string of the molecule is COc1ccccc1CNC(=O)c1ccc(S(=O)(=O)N2C[C@@H](C)C[C@H](C)C2)cc1. The smallest absolute Gasteiger partial charge is 0.251 e. The van der Waals surface area contributed by atoms with Crippen molar-refractivity contribution in [2.75, 3.05) is 20.2 Å². The molecule has 0 bridgehead atoms. The number of hydrogen-bond donors (Lipinski definition) is 1. The monoisotopic (exact) mass is 416 g/mol. The molecule has 1 N–H and O–H groups in total. The van der Waals surface area contributed by atoms with Crippen LogP contribution >= 0.6 is 0 Å². The molecule has 0 aliphatic carbocycles. The zero-order valence-corrected chi connectivity index (χ0v) is 17.9. The number of sulfonamides is 1. The van der Waals surface area contributed by atoms with Crippen LogP contribution in [0.3, 0.4) is 0 Å². The fourth-order valence-corrected chi connectivity index (χ4v) is 5.54. The molecule has 1 amide bonds.